The fraction of sp³-hybridized carbons (Fsp3) is 0.294. The lowest BCUT2D eigenvalue weighted by atomic mass is 9.92. The van der Waals surface area contributed by atoms with Gasteiger partial charge in [-0.25, -0.2) is 0 Å². The standard InChI is InChI=1S/C17H19NO/c1-17(13-18-11-12-19-17)16-9-7-15(8-10-16)14-5-3-2-4-6-14/h2-10,18H,11-13H2,1H3. The Morgan fingerprint density at radius 1 is 0.947 bits per heavy atom. The van der Waals surface area contributed by atoms with Crippen LogP contribution in [0.15, 0.2) is 54.6 Å². The summed E-state index contributed by atoms with van der Waals surface area (Å²) in [6, 6.07) is 19.1. The topological polar surface area (TPSA) is 21.3 Å². The third-order valence-electron chi connectivity index (χ3n) is 3.76. The molecule has 3 rings (SSSR count). The van der Waals surface area contributed by atoms with E-state index in [9.17, 15) is 0 Å². The second kappa shape index (κ2) is 5.16. The molecule has 1 aliphatic heterocycles. The zero-order chi connectivity index (χ0) is 13.1. The van der Waals surface area contributed by atoms with Gasteiger partial charge in [0.1, 0.15) is 5.60 Å². The van der Waals surface area contributed by atoms with Gasteiger partial charge in [0.25, 0.3) is 0 Å². The molecule has 19 heavy (non-hydrogen) atoms. The molecule has 1 aliphatic rings. The minimum Gasteiger partial charge on any atom is -0.368 e. The molecule has 1 heterocycles. The highest BCUT2D eigenvalue weighted by molar-refractivity contribution is 5.63. The molecule has 2 nitrogen and oxygen atoms in total. The Bertz CT molecular complexity index is 527. The van der Waals surface area contributed by atoms with Crippen molar-refractivity contribution in [1.29, 1.82) is 0 Å². The summed E-state index contributed by atoms with van der Waals surface area (Å²) in [5.74, 6) is 0. The molecule has 1 atom stereocenters. The van der Waals surface area contributed by atoms with Crippen molar-refractivity contribution in [3.8, 4) is 11.1 Å². The summed E-state index contributed by atoms with van der Waals surface area (Å²) in [7, 11) is 0. The molecule has 98 valence electrons. The average molecular weight is 253 g/mol. The normalized spacial score (nSPS) is 23.2. The second-order valence-corrected chi connectivity index (χ2v) is 5.20. The van der Waals surface area contributed by atoms with Crippen molar-refractivity contribution in [3.05, 3.63) is 60.2 Å². The van der Waals surface area contributed by atoms with Crippen molar-refractivity contribution in [1.82, 2.24) is 5.32 Å². The monoisotopic (exact) mass is 253 g/mol. The van der Waals surface area contributed by atoms with E-state index in [1.54, 1.807) is 0 Å². The number of nitrogens with one attached hydrogen (secondary N) is 1. The maximum atomic E-state index is 5.93. The maximum absolute atomic E-state index is 5.93. The van der Waals surface area contributed by atoms with E-state index in [0.29, 0.717) is 0 Å². The molecular weight excluding hydrogens is 234 g/mol. The Hall–Kier alpha value is -1.64. The first-order valence-corrected chi connectivity index (χ1v) is 6.79. The fourth-order valence-corrected chi connectivity index (χ4v) is 2.56. The van der Waals surface area contributed by atoms with Gasteiger partial charge in [-0.05, 0) is 23.6 Å². The highest BCUT2D eigenvalue weighted by atomic mass is 16.5. The molecule has 1 saturated heterocycles. The number of rotatable bonds is 2. The van der Waals surface area contributed by atoms with Crippen LogP contribution in [0.25, 0.3) is 11.1 Å². The van der Waals surface area contributed by atoms with E-state index in [4.69, 9.17) is 4.74 Å². The van der Waals surface area contributed by atoms with Gasteiger partial charge in [-0.2, -0.15) is 0 Å². The highest BCUT2D eigenvalue weighted by Crippen LogP contribution is 2.28. The smallest absolute Gasteiger partial charge is 0.103 e. The van der Waals surface area contributed by atoms with Crippen LogP contribution in [0.1, 0.15) is 12.5 Å². The van der Waals surface area contributed by atoms with Crippen LogP contribution in [-0.2, 0) is 10.3 Å². The van der Waals surface area contributed by atoms with E-state index >= 15 is 0 Å². The molecule has 0 aromatic heterocycles. The summed E-state index contributed by atoms with van der Waals surface area (Å²) in [5, 5.41) is 3.40. The first-order chi connectivity index (χ1) is 9.28. The van der Waals surface area contributed by atoms with Crippen LogP contribution in [0.3, 0.4) is 0 Å². The summed E-state index contributed by atoms with van der Waals surface area (Å²) in [6.07, 6.45) is 0. The third-order valence-corrected chi connectivity index (χ3v) is 3.76. The number of hydrogen-bond acceptors (Lipinski definition) is 2. The Labute approximate surface area is 114 Å². The van der Waals surface area contributed by atoms with Gasteiger partial charge in [-0.1, -0.05) is 54.6 Å². The van der Waals surface area contributed by atoms with Crippen molar-refractivity contribution < 1.29 is 4.74 Å². The van der Waals surface area contributed by atoms with Crippen LogP contribution in [0.2, 0.25) is 0 Å². The van der Waals surface area contributed by atoms with Crippen LogP contribution >= 0.6 is 0 Å². The van der Waals surface area contributed by atoms with Crippen molar-refractivity contribution >= 4 is 0 Å². The van der Waals surface area contributed by atoms with Gasteiger partial charge in [0.2, 0.25) is 0 Å². The lowest BCUT2D eigenvalue weighted by molar-refractivity contribution is -0.0572. The fourth-order valence-electron chi connectivity index (χ4n) is 2.56. The van der Waals surface area contributed by atoms with E-state index in [2.05, 4.69) is 60.8 Å². The van der Waals surface area contributed by atoms with Gasteiger partial charge in [-0.15, -0.1) is 0 Å². The van der Waals surface area contributed by atoms with Gasteiger partial charge >= 0.3 is 0 Å². The second-order valence-electron chi connectivity index (χ2n) is 5.20. The van der Waals surface area contributed by atoms with Crippen molar-refractivity contribution in [2.75, 3.05) is 19.7 Å². The zero-order valence-corrected chi connectivity index (χ0v) is 11.2. The average Bonchev–Trinajstić information content (AvgIpc) is 2.49. The molecule has 2 aromatic carbocycles. The van der Waals surface area contributed by atoms with Gasteiger partial charge < -0.3 is 10.1 Å². The van der Waals surface area contributed by atoms with Gasteiger partial charge in [-0.3, -0.25) is 0 Å². The van der Waals surface area contributed by atoms with Gasteiger partial charge in [0.15, 0.2) is 0 Å². The summed E-state index contributed by atoms with van der Waals surface area (Å²) < 4.78 is 5.93. The zero-order valence-electron chi connectivity index (χ0n) is 11.2. The van der Waals surface area contributed by atoms with Crippen molar-refractivity contribution in [3.63, 3.8) is 0 Å². The summed E-state index contributed by atoms with van der Waals surface area (Å²) >= 11 is 0. The minimum absolute atomic E-state index is 0.201. The first kappa shape index (κ1) is 12.4. The summed E-state index contributed by atoms with van der Waals surface area (Å²) in [4.78, 5) is 0. The molecule has 0 aliphatic carbocycles. The Morgan fingerprint density at radius 2 is 1.63 bits per heavy atom. The molecule has 1 fully saturated rings. The van der Waals surface area contributed by atoms with Gasteiger partial charge in [0.05, 0.1) is 6.61 Å². The Morgan fingerprint density at radius 3 is 2.26 bits per heavy atom. The molecule has 0 radical (unpaired) electrons. The van der Waals surface area contributed by atoms with Crippen LogP contribution in [-0.4, -0.2) is 19.7 Å². The van der Waals surface area contributed by atoms with E-state index in [-0.39, 0.29) is 5.60 Å². The molecule has 0 amide bonds. The maximum Gasteiger partial charge on any atom is 0.103 e. The lowest BCUT2D eigenvalue weighted by Gasteiger charge is -2.35. The quantitative estimate of drug-likeness (QED) is 0.887. The van der Waals surface area contributed by atoms with E-state index < -0.39 is 0 Å². The third kappa shape index (κ3) is 2.55. The number of morpholine rings is 1. The molecule has 0 bridgehead atoms. The van der Waals surface area contributed by atoms with Crippen LogP contribution in [0, 0.1) is 0 Å². The largest absolute Gasteiger partial charge is 0.368 e. The molecule has 0 saturated carbocycles. The minimum atomic E-state index is -0.201. The van der Waals surface area contributed by atoms with Crippen molar-refractivity contribution in [2.45, 2.75) is 12.5 Å². The predicted molar refractivity (Wildman–Crippen MR) is 78.1 cm³/mol. The first-order valence-electron chi connectivity index (χ1n) is 6.79. The predicted octanol–water partition coefficient (Wildman–Crippen LogP) is 3.19. The lowest BCUT2D eigenvalue weighted by Crippen LogP contribution is -2.45. The van der Waals surface area contributed by atoms with Crippen molar-refractivity contribution in [2.24, 2.45) is 0 Å². The SMILES string of the molecule is CC1(c2ccc(-c3ccccc3)cc2)CNCCO1. The Kier molecular flexibility index (Phi) is 3.36. The summed E-state index contributed by atoms with van der Waals surface area (Å²) in [6.45, 7) is 4.74. The molecule has 2 aromatic rings. The van der Waals surface area contributed by atoms with E-state index in [1.807, 2.05) is 6.07 Å². The molecular formula is C17H19NO. The number of ether oxygens (including phenoxy) is 1. The molecule has 2 heteroatoms. The van der Waals surface area contributed by atoms with Gasteiger partial charge in [0, 0.05) is 13.1 Å². The number of hydrogen-bond donors (Lipinski definition) is 1. The van der Waals surface area contributed by atoms with Crippen LogP contribution in [0.4, 0.5) is 0 Å². The molecule has 0 spiro atoms. The van der Waals surface area contributed by atoms with Crippen LogP contribution < -0.4 is 5.32 Å². The Balaban J connectivity index is 1.87. The number of benzene rings is 2. The summed E-state index contributed by atoms with van der Waals surface area (Å²) in [5.41, 5.74) is 3.53. The van der Waals surface area contributed by atoms with E-state index in [1.165, 1.54) is 16.7 Å². The van der Waals surface area contributed by atoms with Crippen LogP contribution in [0.5, 0.6) is 0 Å². The van der Waals surface area contributed by atoms with E-state index in [0.717, 1.165) is 19.7 Å². The molecule has 1 unspecified atom stereocenters. The molecule has 1 N–H and O–H groups in total. The highest BCUT2D eigenvalue weighted by Gasteiger charge is 2.29.